The van der Waals surface area contributed by atoms with Gasteiger partial charge in [0.05, 0.1) is 19.8 Å². The molecule has 0 saturated carbocycles. The molecule has 28 heavy (non-hydrogen) atoms. The van der Waals surface area contributed by atoms with Gasteiger partial charge < -0.3 is 19.9 Å². The molecule has 1 aromatic heterocycles. The first kappa shape index (κ1) is 20.8. The lowest BCUT2D eigenvalue weighted by atomic mass is 10.1. The number of phenols is 1. The Morgan fingerprint density at radius 2 is 1.61 bits per heavy atom. The van der Waals surface area contributed by atoms with Crippen molar-refractivity contribution in [2.45, 2.75) is 14.0 Å². The largest absolute Gasteiger partial charge is 0.508 e. The molecule has 0 saturated heterocycles. The van der Waals surface area contributed by atoms with Crippen LogP contribution in [0.5, 0.6) is 17.2 Å². The minimum Gasteiger partial charge on any atom is -0.508 e. The first-order chi connectivity index (χ1) is 13.1. The predicted octanol–water partition coefficient (Wildman–Crippen LogP) is 4.04. The summed E-state index contributed by atoms with van der Waals surface area (Å²) < 4.78 is 10.5. The van der Waals surface area contributed by atoms with Gasteiger partial charge in [0.2, 0.25) is 0 Å². The van der Waals surface area contributed by atoms with Gasteiger partial charge in [0.25, 0.3) is 5.91 Å². The SMILES string of the molecule is C.COc1cc(CNC(=O)c2cncc(-c3ccc(O)cc3)c2)cc(OC)c1. The van der Waals surface area contributed by atoms with Gasteiger partial charge in [0.15, 0.2) is 0 Å². The number of nitrogens with zero attached hydrogens (tertiary/aromatic N) is 1. The Labute approximate surface area is 164 Å². The lowest BCUT2D eigenvalue weighted by Crippen LogP contribution is -2.23. The summed E-state index contributed by atoms with van der Waals surface area (Å²) in [6.07, 6.45) is 3.20. The van der Waals surface area contributed by atoms with E-state index in [0.717, 1.165) is 16.7 Å². The quantitative estimate of drug-likeness (QED) is 0.675. The molecule has 0 aliphatic rings. The smallest absolute Gasteiger partial charge is 0.253 e. The third kappa shape index (κ3) is 5.01. The van der Waals surface area contributed by atoms with Crippen molar-refractivity contribution >= 4 is 5.91 Å². The molecule has 0 aliphatic heterocycles. The van der Waals surface area contributed by atoms with Gasteiger partial charge in [-0.2, -0.15) is 0 Å². The van der Waals surface area contributed by atoms with Crippen molar-refractivity contribution in [2.75, 3.05) is 14.2 Å². The van der Waals surface area contributed by atoms with E-state index in [-0.39, 0.29) is 19.1 Å². The monoisotopic (exact) mass is 380 g/mol. The Kier molecular flexibility index (Phi) is 6.98. The summed E-state index contributed by atoms with van der Waals surface area (Å²) in [5.41, 5.74) is 2.98. The summed E-state index contributed by atoms with van der Waals surface area (Å²) >= 11 is 0. The number of rotatable bonds is 6. The van der Waals surface area contributed by atoms with E-state index in [1.165, 1.54) is 6.20 Å². The highest BCUT2D eigenvalue weighted by atomic mass is 16.5. The van der Waals surface area contributed by atoms with Gasteiger partial charge in [-0.05, 0) is 41.5 Å². The zero-order chi connectivity index (χ0) is 19.2. The molecule has 6 nitrogen and oxygen atoms in total. The van der Waals surface area contributed by atoms with Crippen molar-refractivity contribution in [3.63, 3.8) is 0 Å². The van der Waals surface area contributed by atoms with Crippen LogP contribution in [0.1, 0.15) is 23.3 Å². The second-order valence-corrected chi connectivity index (χ2v) is 5.91. The molecule has 3 aromatic rings. The Morgan fingerprint density at radius 3 is 2.21 bits per heavy atom. The van der Waals surface area contributed by atoms with Crippen molar-refractivity contribution in [3.05, 3.63) is 72.1 Å². The lowest BCUT2D eigenvalue weighted by Gasteiger charge is -2.10. The molecule has 0 bridgehead atoms. The Bertz CT molecular complexity index is 917. The van der Waals surface area contributed by atoms with Gasteiger partial charge in [-0.3, -0.25) is 9.78 Å². The summed E-state index contributed by atoms with van der Waals surface area (Å²) in [6, 6.07) is 14.0. The topological polar surface area (TPSA) is 80.7 Å². The zero-order valence-electron chi connectivity index (χ0n) is 15.1. The second-order valence-electron chi connectivity index (χ2n) is 5.91. The fourth-order valence-electron chi connectivity index (χ4n) is 2.63. The number of aromatic nitrogens is 1. The first-order valence-electron chi connectivity index (χ1n) is 8.33. The number of amides is 1. The number of pyridine rings is 1. The van der Waals surface area contributed by atoms with Crippen LogP contribution in [0.25, 0.3) is 11.1 Å². The van der Waals surface area contributed by atoms with Crippen LogP contribution in [-0.4, -0.2) is 30.2 Å². The number of phenolic OH excluding ortho intramolecular Hbond substituents is 1. The summed E-state index contributed by atoms with van der Waals surface area (Å²) in [5.74, 6) is 1.28. The van der Waals surface area contributed by atoms with Crippen LogP contribution in [0.2, 0.25) is 0 Å². The third-order valence-corrected chi connectivity index (χ3v) is 4.07. The fraction of sp³-hybridized carbons (Fsp3) is 0.182. The highest BCUT2D eigenvalue weighted by Crippen LogP contribution is 2.23. The summed E-state index contributed by atoms with van der Waals surface area (Å²) in [4.78, 5) is 16.7. The van der Waals surface area contributed by atoms with E-state index in [1.807, 2.05) is 12.1 Å². The maximum absolute atomic E-state index is 12.5. The second kappa shape index (κ2) is 9.41. The molecule has 0 radical (unpaired) electrons. The van der Waals surface area contributed by atoms with Gasteiger partial charge in [0.1, 0.15) is 17.2 Å². The summed E-state index contributed by atoms with van der Waals surface area (Å²) in [5, 5.41) is 12.3. The van der Waals surface area contributed by atoms with E-state index in [1.54, 1.807) is 56.8 Å². The third-order valence-electron chi connectivity index (χ3n) is 4.07. The fourth-order valence-corrected chi connectivity index (χ4v) is 2.63. The van der Waals surface area contributed by atoms with Crippen molar-refractivity contribution < 1.29 is 19.4 Å². The molecule has 0 aliphatic carbocycles. The number of hydrogen-bond donors (Lipinski definition) is 2. The number of nitrogens with one attached hydrogen (secondary N) is 1. The van der Waals surface area contributed by atoms with Crippen LogP contribution in [0.15, 0.2) is 60.9 Å². The molecule has 0 fully saturated rings. The molecule has 1 heterocycles. The number of hydrogen-bond acceptors (Lipinski definition) is 5. The van der Waals surface area contributed by atoms with Crippen molar-refractivity contribution in [3.8, 4) is 28.4 Å². The van der Waals surface area contributed by atoms with Crippen LogP contribution in [0.4, 0.5) is 0 Å². The first-order valence-corrected chi connectivity index (χ1v) is 8.33. The Morgan fingerprint density at radius 1 is 0.964 bits per heavy atom. The van der Waals surface area contributed by atoms with Gasteiger partial charge in [0, 0.05) is 30.6 Å². The number of methoxy groups -OCH3 is 2. The van der Waals surface area contributed by atoms with Crippen molar-refractivity contribution in [1.29, 1.82) is 0 Å². The summed E-state index contributed by atoms with van der Waals surface area (Å²) in [7, 11) is 3.16. The van der Waals surface area contributed by atoms with Gasteiger partial charge in [-0.15, -0.1) is 0 Å². The van der Waals surface area contributed by atoms with E-state index < -0.39 is 0 Å². The Hall–Kier alpha value is -3.54. The van der Waals surface area contributed by atoms with Crippen LogP contribution in [0, 0.1) is 0 Å². The average Bonchev–Trinajstić information content (AvgIpc) is 2.72. The van der Waals surface area contributed by atoms with Crippen LogP contribution >= 0.6 is 0 Å². The molecular weight excluding hydrogens is 356 g/mol. The standard InChI is InChI=1S/C21H20N2O4.CH4/c1-26-19-7-14(8-20(10-19)27-2)11-23-21(25)17-9-16(12-22-13-17)15-3-5-18(24)6-4-15;/h3-10,12-13,24H,11H2,1-2H3,(H,23,25);1H4. The number of benzene rings is 2. The van der Waals surface area contributed by atoms with Gasteiger partial charge in [-0.1, -0.05) is 19.6 Å². The van der Waals surface area contributed by atoms with Crippen LogP contribution in [-0.2, 0) is 6.54 Å². The van der Waals surface area contributed by atoms with E-state index in [4.69, 9.17) is 9.47 Å². The molecule has 3 rings (SSSR count). The average molecular weight is 380 g/mol. The Balaban J connectivity index is 0.00000280. The molecular formula is C22H24N2O4. The van der Waals surface area contributed by atoms with E-state index in [9.17, 15) is 9.90 Å². The van der Waals surface area contributed by atoms with Gasteiger partial charge >= 0.3 is 0 Å². The molecule has 0 atom stereocenters. The molecule has 1 amide bonds. The van der Waals surface area contributed by atoms with Crippen molar-refractivity contribution in [1.82, 2.24) is 10.3 Å². The molecule has 0 spiro atoms. The molecule has 146 valence electrons. The molecule has 2 N–H and O–H groups in total. The number of aromatic hydroxyl groups is 1. The maximum atomic E-state index is 12.5. The molecule has 2 aromatic carbocycles. The predicted molar refractivity (Wildman–Crippen MR) is 109 cm³/mol. The maximum Gasteiger partial charge on any atom is 0.253 e. The number of carbonyl (C=O) groups excluding carboxylic acids is 1. The zero-order valence-corrected chi connectivity index (χ0v) is 15.1. The van der Waals surface area contributed by atoms with Crippen LogP contribution < -0.4 is 14.8 Å². The lowest BCUT2D eigenvalue weighted by molar-refractivity contribution is 0.0950. The van der Waals surface area contributed by atoms with Crippen molar-refractivity contribution in [2.24, 2.45) is 0 Å². The molecule has 0 unspecified atom stereocenters. The number of carbonyl (C=O) groups is 1. The van der Waals surface area contributed by atoms with E-state index in [2.05, 4.69) is 10.3 Å². The van der Waals surface area contributed by atoms with E-state index >= 15 is 0 Å². The minimum absolute atomic E-state index is 0. The van der Waals surface area contributed by atoms with Gasteiger partial charge in [-0.25, -0.2) is 0 Å². The molecule has 6 heteroatoms. The highest BCUT2D eigenvalue weighted by molar-refractivity contribution is 5.95. The highest BCUT2D eigenvalue weighted by Gasteiger charge is 2.09. The van der Waals surface area contributed by atoms with E-state index in [0.29, 0.717) is 23.6 Å². The van der Waals surface area contributed by atoms with Crippen LogP contribution in [0.3, 0.4) is 0 Å². The minimum atomic E-state index is -0.232. The number of ether oxygens (including phenoxy) is 2. The summed E-state index contributed by atoms with van der Waals surface area (Å²) in [6.45, 7) is 0.329. The normalized spacial score (nSPS) is 9.93.